The second-order valence-electron chi connectivity index (χ2n) is 9.00. The summed E-state index contributed by atoms with van der Waals surface area (Å²) in [5.74, 6) is -3.63. The van der Waals surface area contributed by atoms with Crippen LogP contribution in [0.2, 0.25) is 0 Å². The number of nitrogens with zero attached hydrogens (tertiary/aromatic N) is 5. The number of alkyl halides is 7. The summed E-state index contributed by atoms with van der Waals surface area (Å²) in [4.78, 5) is 33.2. The maximum Gasteiger partial charge on any atom is 0.426 e. The highest BCUT2D eigenvalue weighted by molar-refractivity contribution is 5.98. The number of hydrogen-bond donors (Lipinski definition) is 3. The van der Waals surface area contributed by atoms with Crippen LogP contribution in [0.1, 0.15) is 22.8 Å². The molecule has 1 fully saturated rings. The zero-order chi connectivity index (χ0) is 29.8. The predicted molar refractivity (Wildman–Crippen MR) is 122 cm³/mol. The largest absolute Gasteiger partial charge is 0.480 e. The lowest BCUT2D eigenvalue weighted by atomic mass is 10.1. The van der Waals surface area contributed by atoms with Crippen LogP contribution in [0.25, 0.3) is 16.8 Å². The van der Waals surface area contributed by atoms with E-state index in [0.717, 1.165) is 36.3 Å². The molecule has 3 aromatic heterocycles. The van der Waals surface area contributed by atoms with Crippen molar-refractivity contribution in [3.05, 3.63) is 35.8 Å². The first-order valence-corrected chi connectivity index (χ1v) is 11.2. The maximum atomic E-state index is 14.7. The number of carbonyl (C=O) groups is 2. The Hall–Kier alpha value is -4.22. The van der Waals surface area contributed by atoms with E-state index in [-0.39, 0.29) is 29.6 Å². The Kier molecular flexibility index (Phi) is 7.02. The van der Waals surface area contributed by atoms with Gasteiger partial charge in [-0.05, 0) is 19.1 Å². The maximum absolute atomic E-state index is 14.7. The Labute approximate surface area is 219 Å². The summed E-state index contributed by atoms with van der Waals surface area (Å²) in [5.41, 5.74) is -0.457. The van der Waals surface area contributed by atoms with Crippen LogP contribution in [0.15, 0.2) is 24.7 Å². The number of methoxy groups -OCH3 is 1. The highest BCUT2D eigenvalue weighted by Gasteiger charge is 2.58. The van der Waals surface area contributed by atoms with Crippen LogP contribution < -0.4 is 15.8 Å². The van der Waals surface area contributed by atoms with E-state index in [1.807, 2.05) is 0 Å². The summed E-state index contributed by atoms with van der Waals surface area (Å²) >= 11 is 0. The minimum atomic E-state index is -5.33. The van der Waals surface area contributed by atoms with Gasteiger partial charge in [-0.1, -0.05) is 0 Å². The second kappa shape index (κ2) is 9.76. The molecule has 4 rings (SSSR count). The molecule has 2 amide bonds. The molecule has 3 aromatic rings. The van der Waals surface area contributed by atoms with Crippen molar-refractivity contribution in [1.82, 2.24) is 29.8 Å². The molecule has 40 heavy (non-hydrogen) atoms. The van der Waals surface area contributed by atoms with Gasteiger partial charge in [0.05, 0.1) is 31.0 Å². The first-order chi connectivity index (χ1) is 18.5. The lowest BCUT2D eigenvalue weighted by Gasteiger charge is -2.29. The molecule has 11 nitrogen and oxygen atoms in total. The van der Waals surface area contributed by atoms with Crippen molar-refractivity contribution in [2.75, 3.05) is 25.9 Å². The fourth-order valence-corrected chi connectivity index (χ4v) is 4.15. The third kappa shape index (κ3) is 4.93. The molecule has 4 heterocycles. The molecule has 18 heteroatoms. The van der Waals surface area contributed by atoms with E-state index in [2.05, 4.69) is 20.4 Å². The number of halogens is 7. The highest BCUT2D eigenvalue weighted by atomic mass is 19.4. The number of ether oxygens (including phenoxy) is 1. The Balaban J connectivity index is 1.65. The van der Waals surface area contributed by atoms with Gasteiger partial charge >= 0.3 is 12.4 Å². The molecule has 3 atom stereocenters. The Morgan fingerprint density at radius 2 is 1.82 bits per heavy atom. The van der Waals surface area contributed by atoms with Crippen molar-refractivity contribution in [1.29, 1.82) is 0 Å². The fraction of sp³-hybridized carbons (Fsp3) is 0.409. The molecule has 0 spiro atoms. The van der Waals surface area contributed by atoms with Crippen molar-refractivity contribution in [3.63, 3.8) is 0 Å². The number of carbonyl (C=O) groups excluding carboxylic acids is 2. The van der Waals surface area contributed by atoms with Crippen LogP contribution in [-0.4, -0.2) is 85.6 Å². The monoisotopic (exact) mass is 579 g/mol. The summed E-state index contributed by atoms with van der Waals surface area (Å²) in [7, 11) is 1.13. The number of nitrogens with one attached hydrogen (secondary N) is 1. The molecular weight excluding hydrogens is 559 g/mol. The summed E-state index contributed by atoms with van der Waals surface area (Å²) in [6, 6.07) is 0.309. The average Bonchev–Trinajstić information content (AvgIpc) is 3.44. The molecule has 0 bridgehead atoms. The number of hydrogen-bond acceptors (Lipinski definition) is 8. The van der Waals surface area contributed by atoms with Crippen LogP contribution in [0.5, 0.6) is 5.88 Å². The third-order valence-corrected chi connectivity index (χ3v) is 6.29. The van der Waals surface area contributed by atoms with Crippen LogP contribution in [0.4, 0.5) is 36.6 Å². The standard InChI is InChI=1S/C22H20F7N7O4/c1-20(39,22(27,28)29)19(38)35-6-12(23)13(7-35)34-17(37)10-3-9(5-31-18(10)40-2)14-4-11(21(24,25)26)15-16(30)32-8-33-36(14)15/h3-5,8,12-13,39H,6-7H2,1-2H3,(H,34,37)(H2,30,32,33)/t12-,13+,20-/m0/s1. The Morgan fingerprint density at radius 3 is 2.42 bits per heavy atom. The summed E-state index contributed by atoms with van der Waals surface area (Å²) < 4.78 is 101. The SMILES string of the molecule is COc1ncc(-c2cc(C(F)(F)F)c3c(N)ncnn23)cc1C(=O)N[C@@H]1CN(C(=O)[C@](C)(O)C(F)(F)F)C[C@@H]1F. The normalized spacial score (nSPS) is 19.5. The minimum Gasteiger partial charge on any atom is -0.480 e. The number of pyridine rings is 1. The van der Waals surface area contributed by atoms with Gasteiger partial charge in [-0.25, -0.2) is 18.9 Å². The predicted octanol–water partition coefficient (Wildman–Crippen LogP) is 1.99. The van der Waals surface area contributed by atoms with Crippen LogP contribution in [0, 0.1) is 0 Å². The van der Waals surface area contributed by atoms with E-state index >= 15 is 0 Å². The van der Waals surface area contributed by atoms with E-state index in [9.17, 15) is 45.4 Å². The third-order valence-electron chi connectivity index (χ3n) is 6.29. The summed E-state index contributed by atoms with van der Waals surface area (Å²) in [6.07, 6.45) is -10.2. The number of fused-ring (bicyclic) bond motifs is 1. The van der Waals surface area contributed by atoms with Gasteiger partial charge in [0.2, 0.25) is 11.5 Å². The molecule has 0 unspecified atom stereocenters. The topological polar surface area (TPSA) is 148 Å². The average molecular weight is 579 g/mol. The quantitative estimate of drug-likeness (QED) is 0.389. The lowest BCUT2D eigenvalue weighted by Crippen LogP contribution is -2.56. The number of rotatable bonds is 5. The first kappa shape index (κ1) is 28.8. The molecule has 0 radical (unpaired) electrons. The zero-order valence-corrected chi connectivity index (χ0v) is 20.5. The summed E-state index contributed by atoms with van der Waals surface area (Å²) in [5, 5.41) is 15.7. The van der Waals surface area contributed by atoms with Crippen LogP contribution in [-0.2, 0) is 11.0 Å². The van der Waals surface area contributed by atoms with Gasteiger partial charge in [0.25, 0.3) is 11.8 Å². The molecular formula is C22H20F7N7O4. The smallest absolute Gasteiger partial charge is 0.426 e. The minimum absolute atomic E-state index is 0.0594. The van der Waals surface area contributed by atoms with Gasteiger partial charge in [0.15, 0.2) is 5.82 Å². The second-order valence-corrected chi connectivity index (χ2v) is 9.00. The molecule has 0 aromatic carbocycles. The number of nitrogens with two attached hydrogens (primary N) is 1. The Bertz CT molecular complexity index is 1470. The van der Waals surface area contributed by atoms with E-state index in [0.29, 0.717) is 4.90 Å². The van der Waals surface area contributed by atoms with E-state index < -0.39 is 72.0 Å². The molecule has 1 saturated heterocycles. The van der Waals surface area contributed by atoms with Crippen molar-refractivity contribution in [2.24, 2.45) is 0 Å². The highest BCUT2D eigenvalue weighted by Crippen LogP contribution is 2.39. The molecule has 216 valence electrons. The van der Waals surface area contributed by atoms with Gasteiger partial charge in [0, 0.05) is 18.3 Å². The van der Waals surface area contributed by atoms with Crippen molar-refractivity contribution >= 4 is 23.1 Å². The van der Waals surface area contributed by atoms with Crippen molar-refractivity contribution < 1.29 is 50.2 Å². The van der Waals surface area contributed by atoms with Crippen LogP contribution in [0.3, 0.4) is 0 Å². The van der Waals surface area contributed by atoms with E-state index in [1.54, 1.807) is 0 Å². The number of amides is 2. The van der Waals surface area contributed by atoms with Gasteiger partial charge < -0.3 is 25.8 Å². The number of anilines is 1. The fourth-order valence-electron chi connectivity index (χ4n) is 4.15. The zero-order valence-electron chi connectivity index (χ0n) is 20.5. The molecule has 4 N–H and O–H groups in total. The Morgan fingerprint density at radius 1 is 1.15 bits per heavy atom. The molecule has 0 saturated carbocycles. The molecule has 1 aliphatic heterocycles. The molecule has 0 aliphatic carbocycles. The van der Waals surface area contributed by atoms with E-state index in [1.165, 1.54) is 0 Å². The van der Waals surface area contributed by atoms with E-state index in [4.69, 9.17) is 10.5 Å². The van der Waals surface area contributed by atoms with Crippen molar-refractivity contribution in [2.45, 2.75) is 37.1 Å². The van der Waals surface area contributed by atoms with Gasteiger partial charge in [0.1, 0.15) is 23.6 Å². The number of aliphatic hydroxyl groups is 1. The number of nitrogen functional groups attached to an aromatic ring is 1. The van der Waals surface area contributed by atoms with Gasteiger partial charge in [-0.2, -0.15) is 31.4 Å². The number of likely N-dealkylation sites (tertiary alicyclic amines) is 1. The number of aromatic nitrogens is 4. The lowest BCUT2D eigenvalue weighted by molar-refractivity contribution is -0.249. The van der Waals surface area contributed by atoms with Crippen LogP contribution >= 0.6 is 0 Å². The molecule has 1 aliphatic rings. The van der Waals surface area contributed by atoms with Gasteiger partial charge in [-0.3, -0.25) is 9.59 Å². The van der Waals surface area contributed by atoms with Gasteiger partial charge in [-0.15, -0.1) is 0 Å². The summed E-state index contributed by atoms with van der Waals surface area (Å²) in [6.45, 7) is -1.32. The van der Waals surface area contributed by atoms with Crippen molar-refractivity contribution in [3.8, 4) is 17.1 Å². The first-order valence-electron chi connectivity index (χ1n) is 11.2.